The molecule has 0 saturated heterocycles. The van der Waals surface area contributed by atoms with Crippen molar-refractivity contribution in [1.29, 1.82) is 0 Å². The number of halogens is 1. The van der Waals surface area contributed by atoms with Gasteiger partial charge in [0, 0.05) is 0 Å². The van der Waals surface area contributed by atoms with Crippen LogP contribution in [-0.4, -0.2) is 15.2 Å². The third kappa shape index (κ3) is 2.84. The van der Waals surface area contributed by atoms with Crippen molar-refractivity contribution in [2.45, 2.75) is 17.6 Å². The van der Waals surface area contributed by atoms with Crippen LogP contribution in [0.3, 0.4) is 0 Å². The van der Waals surface area contributed by atoms with E-state index in [1.807, 2.05) is 6.92 Å². The van der Waals surface area contributed by atoms with Crippen LogP contribution >= 0.6 is 11.6 Å². The Morgan fingerprint density at radius 2 is 1.86 bits per heavy atom. The van der Waals surface area contributed by atoms with Crippen LogP contribution in [0.1, 0.15) is 11.1 Å². The summed E-state index contributed by atoms with van der Waals surface area (Å²) < 4.78 is 35.3. The predicted octanol–water partition coefficient (Wildman–Crippen LogP) is 3.35. The lowest BCUT2D eigenvalue weighted by molar-refractivity contribution is 0.174. The zero-order valence-corrected chi connectivity index (χ0v) is 12.9. The Balaban J connectivity index is 1.93. The van der Waals surface area contributed by atoms with Crippen LogP contribution in [0.4, 0.5) is 0 Å². The molecule has 0 fully saturated rings. The fourth-order valence-electron chi connectivity index (χ4n) is 2.15. The van der Waals surface area contributed by atoms with E-state index in [0.717, 1.165) is 5.56 Å². The Labute approximate surface area is 128 Å². The Kier molecular flexibility index (Phi) is 3.55. The highest BCUT2D eigenvalue weighted by atomic mass is 35.5. The first-order valence-corrected chi connectivity index (χ1v) is 8.36. The Hall–Kier alpha value is -1.72. The zero-order valence-electron chi connectivity index (χ0n) is 11.3. The fourth-order valence-corrected chi connectivity index (χ4v) is 3.76. The van der Waals surface area contributed by atoms with Gasteiger partial charge in [-0.2, -0.15) is 0 Å². The van der Waals surface area contributed by atoms with E-state index in [1.54, 1.807) is 36.4 Å². The van der Waals surface area contributed by atoms with Gasteiger partial charge in [-0.15, -0.1) is 0 Å². The Morgan fingerprint density at radius 3 is 2.57 bits per heavy atom. The maximum absolute atomic E-state index is 12.4. The van der Waals surface area contributed by atoms with E-state index in [2.05, 4.69) is 0 Å². The zero-order chi connectivity index (χ0) is 15.0. The molecule has 3 rings (SSSR count). The first-order chi connectivity index (χ1) is 9.95. The summed E-state index contributed by atoms with van der Waals surface area (Å²) in [5.74, 6) is 0.816. The SMILES string of the molecule is Cc1ccc(S(=O)(=O)Cc2cc(Cl)c3c(c2)OCO3)cc1. The van der Waals surface area contributed by atoms with Gasteiger partial charge in [-0.25, -0.2) is 8.42 Å². The number of hydrogen-bond acceptors (Lipinski definition) is 4. The van der Waals surface area contributed by atoms with E-state index in [9.17, 15) is 8.42 Å². The van der Waals surface area contributed by atoms with E-state index in [-0.39, 0.29) is 12.5 Å². The summed E-state index contributed by atoms with van der Waals surface area (Å²) in [5.41, 5.74) is 1.59. The van der Waals surface area contributed by atoms with Crippen molar-refractivity contribution in [2.75, 3.05) is 6.79 Å². The predicted molar refractivity (Wildman–Crippen MR) is 79.6 cm³/mol. The summed E-state index contributed by atoms with van der Waals surface area (Å²) in [4.78, 5) is 0.293. The van der Waals surface area contributed by atoms with Crippen molar-refractivity contribution in [3.63, 3.8) is 0 Å². The lowest BCUT2D eigenvalue weighted by Crippen LogP contribution is -2.05. The molecule has 0 bridgehead atoms. The molecule has 4 nitrogen and oxygen atoms in total. The molecule has 0 saturated carbocycles. The molecule has 6 heteroatoms. The monoisotopic (exact) mass is 324 g/mol. The van der Waals surface area contributed by atoms with Crippen LogP contribution in [0.2, 0.25) is 5.02 Å². The topological polar surface area (TPSA) is 52.6 Å². The number of sulfone groups is 1. The number of hydrogen-bond donors (Lipinski definition) is 0. The van der Waals surface area contributed by atoms with E-state index >= 15 is 0 Å². The van der Waals surface area contributed by atoms with Crippen LogP contribution in [0.5, 0.6) is 11.5 Å². The first kappa shape index (κ1) is 14.2. The van der Waals surface area contributed by atoms with Crippen LogP contribution in [0, 0.1) is 6.92 Å². The average molecular weight is 325 g/mol. The lowest BCUT2D eigenvalue weighted by Gasteiger charge is -2.07. The quantitative estimate of drug-likeness (QED) is 0.868. The maximum Gasteiger partial charge on any atom is 0.231 e. The summed E-state index contributed by atoms with van der Waals surface area (Å²) in [6, 6.07) is 10.0. The average Bonchev–Trinajstić information content (AvgIpc) is 2.87. The Bertz CT molecular complexity index is 782. The van der Waals surface area contributed by atoms with Gasteiger partial charge in [0.1, 0.15) is 0 Å². The highest BCUT2D eigenvalue weighted by Gasteiger charge is 2.21. The van der Waals surface area contributed by atoms with E-state index in [4.69, 9.17) is 21.1 Å². The molecule has 0 amide bonds. The molecule has 0 unspecified atom stereocenters. The van der Waals surface area contributed by atoms with Gasteiger partial charge in [0.25, 0.3) is 0 Å². The van der Waals surface area contributed by atoms with Gasteiger partial charge < -0.3 is 9.47 Å². The molecule has 1 aliphatic rings. The number of fused-ring (bicyclic) bond motifs is 1. The number of aryl methyl sites for hydroxylation is 1. The normalized spacial score (nSPS) is 13.4. The van der Waals surface area contributed by atoms with Crippen molar-refractivity contribution < 1.29 is 17.9 Å². The van der Waals surface area contributed by atoms with Crippen molar-refractivity contribution in [2.24, 2.45) is 0 Å². The number of ether oxygens (including phenoxy) is 2. The first-order valence-electron chi connectivity index (χ1n) is 6.33. The largest absolute Gasteiger partial charge is 0.454 e. The van der Waals surface area contributed by atoms with Gasteiger partial charge in [-0.3, -0.25) is 0 Å². The molecule has 0 N–H and O–H groups in total. The molecule has 0 aliphatic carbocycles. The molecule has 2 aromatic rings. The minimum absolute atomic E-state index is 0.100. The molecule has 0 atom stereocenters. The molecular weight excluding hydrogens is 312 g/mol. The van der Waals surface area contributed by atoms with Gasteiger partial charge in [-0.05, 0) is 36.8 Å². The lowest BCUT2D eigenvalue weighted by atomic mass is 10.2. The van der Waals surface area contributed by atoms with Crippen molar-refractivity contribution in [3.8, 4) is 11.5 Å². The second kappa shape index (κ2) is 5.24. The maximum atomic E-state index is 12.4. The van der Waals surface area contributed by atoms with E-state index < -0.39 is 9.84 Å². The smallest absolute Gasteiger partial charge is 0.231 e. The van der Waals surface area contributed by atoms with Crippen LogP contribution in [0.15, 0.2) is 41.3 Å². The third-order valence-electron chi connectivity index (χ3n) is 3.22. The van der Waals surface area contributed by atoms with E-state index in [1.165, 1.54) is 0 Å². The molecule has 1 aliphatic heterocycles. The number of rotatable bonds is 3. The van der Waals surface area contributed by atoms with Crippen LogP contribution in [-0.2, 0) is 15.6 Å². The van der Waals surface area contributed by atoms with Crippen molar-refractivity contribution >= 4 is 21.4 Å². The molecular formula is C15H13ClO4S. The molecule has 2 aromatic carbocycles. The standard InChI is InChI=1S/C15H13ClO4S/c1-10-2-4-12(5-3-10)21(17,18)8-11-6-13(16)15-14(7-11)19-9-20-15/h2-7H,8-9H2,1H3. The van der Waals surface area contributed by atoms with Crippen molar-refractivity contribution in [1.82, 2.24) is 0 Å². The minimum Gasteiger partial charge on any atom is -0.454 e. The summed E-state index contributed by atoms with van der Waals surface area (Å²) in [5, 5.41) is 0.360. The highest BCUT2D eigenvalue weighted by Crippen LogP contribution is 2.40. The van der Waals surface area contributed by atoms with Crippen molar-refractivity contribution in [3.05, 3.63) is 52.5 Å². The van der Waals surface area contributed by atoms with E-state index in [0.29, 0.717) is 27.0 Å². The summed E-state index contributed by atoms with van der Waals surface area (Å²) >= 11 is 6.07. The second-order valence-electron chi connectivity index (χ2n) is 4.88. The summed E-state index contributed by atoms with van der Waals surface area (Å²) in [7, 11) is -3.42. The van der Waals surface area contributed by atoms with Crippen LogP contribution < -0.4 is 9.47 Å². The Morgan fingerprint density at radius 1 is 1.14 bits per heavy atom. The van der Waals surface area contributed by atoms with Gasteiger partial charge in [0.2, 0.25) is 6.79 Å². The fraction of sp³-hybridized carbons (Fsp3) is 0.200. The second-order valence-corrected chi connectivity index (χ2v) is 7.28. The molecule has 0 spiro atoms. The van der Waals surface area contributed by atoms with Gasteiger partial charge in [0.15, 0.2) is 21.3 Å². The summed E-state index contributed by atoms with van der Waals surface area (Å²) in [6.45, 7) is 2.01. The molecule has 0 aromatic heterocycles. The molecule has 0 radical (unpaired) electrons. The molecule has 21 heavy (non-hydrogen) atoms. The van der Waals surface area contributed by atoms with Crippen LogP contribution in [0.25, 0.3) is 0 Å². The van der Waals surface area contributed by atoms with Gasteiger partial charge in [0.05, 0.1) is 15.7 Å². The summed E-state index contributed by atoms with van der Waals surface area (Å²) in [6.07, 6.45) is 0. The third-order valence-corrected chi connectivity index (χ3v) is 5.21. The minimum atomic E-state index is -3.42. The van der Waals surface area contributed by atoms with Gasteiger partial charge in [-0.1, -0.05) is 29.3 Å². The highest BCUT2D eigenvalue weighted by molar-refractivity contribution is 7.90. The molecule has 1 heterocycles. The van der Waals surface area contributed by atoms with Gasteiger partial charge >= 0.3 is 0 Å². The molecule has 110 valence electrons. The number of benzene rings is 2.